The molecular formula is C13H17F3N2. The molecule has 0 unspecified atom stereocenters. The smallest absolute Gasteiger partial charge is 0.371 e. The van der Waals surface area contributed by atoms with E-state index in [1.807, 2.05) is 0 Å². The molecule has 0 spiro atoms. The number of hydrogen-bond donors (Lipinski definition) is 1. The lowest BCUT2D eigenvalue weighted by Crippen LogP contribution is -2.33. The van der Waals surface area contributed by atoms with Gasteiger partial charge in [-0.15, -0.1) is 0 Å². The lowest BCUT2D eigenvalue weighted by Gasteiger charge is -2.27. The molecule has 2 rings (SSSR count). The molecule has 2 nitrogen and oxygen atoms in total. The van der Waals surface area contributed by atoms with E-state index in [0.717, 1.165) is 56.8 Å². The lowest BCUT2D eigenvalue weighted by atomic mass is 10.1. The van der Waals surface area contributed by atoms with Gasteiger partial charge in [-0.25, -0.2) is 0 Å². The third kappa shape index (κ3) is 3.38. The van der Waals surface area contributed by atoms with E-state index in [2.05, 4.69) is 10.2 Å². The molecule has 1 aromatic rings. The largest absolute Gasteiger partial charge is 0.416 e. The topological polar surface area (TPSA) is 15.3 Å². The van der Waals surface area contributed by atoms with Crippen LogP contribution in [0.2, 0.25) is 0 Å². The van der Waals surface area contributed by atoms with Crippen molar-refractivity contribution in [2.24, 2.45) is 0 Å². The number of nitrogens with one attached hydrogen (secondary N) is 1. The SMILES string of the molecule is FC(F)(F)c1ccc(N2CCCNCCC2)cc1. The summed E-state index contributed by atoms with van der Waals surface area (Å²) in [4.78, 5) is 2.15. The third-order valence-electron chi connectivity index (χ3n) is 3.12. The van der Waals surface area contributed by atoms with Crippen LogP contribution in [0.4, 0.5) is 18.9 Å². The van der Waals surface area contributed by atoms with Crippen molar-refractivity contribution in [3.8, 4) is 0 Å². The van der Waals surface area contributed by atoms with E-state index < -0.39 is 11.7 Å². The van der Waals surface area contributed by atoms with Crippen molar-refractivity contribution in [1.82, 2.24) is 5.32 Å². The average Bonchev–Trinajstić information content (AvgIpc) is 2.27. The van der Waals surface area contributed by atoms with Crippen LogP contribution < -0.4 is 10.2 Å². The highest BCUT2D eigenvalue weighted by atomic mass is 19.4. The van der Waals surface area contributed by atoms with Gasteiger partial charge in [0.05, 0.1) is 5.56 Å². The lowest BCUT2D eigenvalue weighted by molar-refractivity contribution is -0.137. The monoisotopic (exact) mass is 258 g/mol. The summed E-state index contributed by atoms with van der Waals surface area (Å²) in [6.07, 6.45) is -2.22. The van der Waals surface area contributed by atoms with E-state index >= 15 is 0 Å². The summed E-state index contributed by atoms with van der Waals surface area (Å²) in [6.45, 7) is 3.71. The van der Waals surface area contributed by atoms with Crippen molar-refractivity contribution >= 4 is 5.69 Å². The Bertz CT molecular complexity index is 365. The van der Waals surface area contributed by atoms with E-state index in [1.165, 1.54) is 0 Å². The summed E-state index contributed by atoms with van der Waals surface area (Å²) in [6, 6.07) is 5.45. The first kappa shape index (κ1) is 13.2. The standard InChI is InChI=1S/C13H17F3N2/c14-13(15,16)11-3-5-12(6-4-11)18-9-1-7-17-8-2-10-18/h3-6,17H,1-2,7-10H2. The molecule has 5 heteroatoms. The van der Waals surface area contributed by atoms with Gasteiger partial charge in [0, 0.05) is 18.8 Å². The Balaban J connectivity index is 2.07. The normalized spacial score (nSPS) is 18.3. The molecular weight excluding hydrogens is 241 g/mol. The Morgan fingerprint density at radius 3 is 2.00 bits per heavy atom. The van der Waals surface area contributed by atoms with Gasteiger partial charge in [0.1, 0.15) is 0 Å². The molecule has 1 aliphatic heterocycles. The average molecular weight is 258 g/mol. The number of alkyl halides is 3. The summed E-state index contributed by atoms with van der Waals surface area (Å²) in [5.41, 5.74) is 0.296. The highest BCUT2D eigenvalue weighted by Crippen LogP contribution is 2.30. The van der Waals surface area contributed by atoms with Gasteiger partial charge in [-0.1, -0.05) is 0 Å². The molecule has 1 aromatic carbocycles. The molecule has 0 radical (unpaired) electrons. The predicted octanol–water partition coefficient (Wildman–Crippen LogP) is 2.90. The number of nitrogens with zero attached hydrogens (tertiary/aromatic N) is 1. The second kappa shape index (κ2) is 5.61. The van der Waals surface area contributed by atoms with Crippen molar-refractivity contribution in [3.63, 3.8) is 0 Å². The third-order valence-corrected chi connectivity index (χ3v) is 3.12. The minimum absolute atomic E-state index is 0.583. The van der Waals surface area contributed by atoms with Gasteiger partial charge in [0.25, 0.3) is 0 Å². The minimum atomic E-state index is -4.25. The molecule has 1 heterocycles. The van der Waals surface area contributed by atoms with Crippen molar-refractivity contribution in [3.05, 3.63) is 29.8 Å². The summed E-state index contributed by atoms with van der Waals surface area (Å²) in [5, 5.41) is 3.31. The number of anilines is 1. The molecule has 0 amide bonds. The predicted molar refractivity (Wildman–Crippen MR) is 65.8 cm³/mol. The minimum Gasteiger partial charge on any atom is -0.371 e. The number of benzene rings is 1. The van der Waals surface area contributed by atoms with E-state index in [1.54, 1.807) is 12.1 Å². The summed E-state index contributed by atoms with van der Waals surface area (Å²) >= 11 is 0. The van der Waals surface area contributed by atoms with Gasteiger partial charge in [0.2, 0.25) is 0 Å². The maximum absolute atomic E-state index is 12.5. The fourth-order valence-electron chi connectivity index (χ4n) is 2.15. The number of hydrogen-bond acceptors (Lipinski definition) is 2. The molecule has 0 atom stereocenters. The quantitative estimate of drug-likeness (QED) is 0.833. The van der Waals surface area contributed by atoms with Crippen LogP contribution in [0.3, 0.4) is 0 Å². The van der Waals surface area contributed by atoms with Crippen LogP contribution in [0.25, 0.3) is 0 Å². The Morgan fingerprint density at radius 2 is 1.50 bits per heavy atom. The van der Waals surface area contributed by atoms with Crippen molar-refractivity contribution in [2.45, 2.75) is 19.0 Å². The van der Waals surface area contributed by atoms with Gasteiger partial charge in [-0.2, -0.15) is 13.2 Å². The Kier molecular flexibility index (Phi) is 4.11. The summed E-state index contributed by atoms with van der Waals surface area (Å²) in [7, 11) is 0. The van der Waals surface area contributed by atoms with E-state index in [9.17, 15) is 13.2 Å². The Morgan fingerprint density at radius 1 is 0.944 bits per heavy atom. The molecule has 1 aliphatic rings. The van der Waals surface area contributed by atoms with E-state index in [0.29, 0.717) is 0 Å². The van der Waals surface area contributed by atoms with Crippen molar-refractivity contribution in [1.29, 1.82) is 0 Å². The molecule has 0 aliphatic carbocycles. The second-order valence-corrected chi connectivity index (χ2v) is 4.49. The summed E-state index contributed by atoms with van der Waals surface area (Å²) < 4.78 is 37.4. The first-order valence-electron chi connectivity index (χ1n) is 6.20. The second-order valence-electron chi connectivity index (χ2n) is 4.49. The van der Waals surface area contributed by atoms with Crippen molar-refractivity contribution in [2.75, 3.05) is 31.1 Å². The maximum Gasteiger partial charge on any atom is 0.416 e. The molecule has 1 fully saturated rings. The fraction of sp³-hybridized carbons (Fsp3) is 0.538. The first-order chi connectivity index (χ1) is 8.57. The molecule has 0 aromatic heterocycles. The Hall–Kier alpha value is -1.23. The van der Waals surface area contributed by atoms with E-state index in [-0.39, 0.29) is 0 Å². The zero-order valence-corrected chi connectivity index (χ0v) is 10.1. The summed E-state index contributed by atoms with van der Waals surface area (Å²) in [5.74, 6) is 0. The van der Waals surface area contributed by atoms with Gasteiger partial charge in [-0.3, -0.25) is 0 Å². The van der Waals surface area contributed by atoms with Crippen LogP contribution in [0.15, 0.2) is 24.3 Å². The number of halogens is 3. The molecule has 1 N–H and O–H groups in total. The van der Waals surface area contributed by atoms with Crippen LogP contribution in [0.5, 0.6) is 0 Å². The highest BCUT2D eigenvalue weighted by molar-refractivity contribution is 5.48. The maximum atomic E-state index is 12.5. The molecule has 0 bridgehead atoms. The Labute approximate surface area is 105 Å². The molecule has 100 valence electrons. The fourth-order valence-corrected chi connectivity index (χ4v) is 2.15. The van der Waals surface area contributed by atoms with Gasteiger partial charge < -0.3 is 10.2 Å². The molecule has 0 saturated carbocycles. The molecule has 1 saturated heterocycles. The van der Waals surface area contributed by atoms with Crippen LogP contribution >= 0.6 is 0 Å². The first-order valence-corrected chi connectivity index (χ1v) is 6.20. The highest BCUT2D eigenvalue weighted by Gasteiger charge is 2.30. The molecule has 18 heavy (non-hydrogen) atoms. The van der Waals surface area contributed by atoms with E-state index in [4.69, 9.17) is 0 Å². The van der Waals surface area contributed by atoms with Gasteiger partial charge >= 0.3 is 6.18 Å². The van der Waals surface area contributed by atoms with Crippen LogP contribution in [-0.2, 0) is 6.18 Å². The van der Waals surface area contributed by atoms with Crippen LogP contribution in [0, 0.1) is 0 Å². The number of rotatable bonds is 1. The van der Waals surface area contributed by atoms with Crippen molar-refractivity contribution < 1.29 is 13.2 Å². The van der Waals surface area contributed by atoms with Crippen LogP contribution in [-0.4, -0.2) is 26.2 Å². The zero-order valence-electron chi connectivity index (χ0n) is 10.1. The zero-order chi connectivity index (χ0) is 13.0. The van der Waals surface area contributed by atoms with Gasteiger partial charge in [-0.05, 0) is 50.2 Å². The van der Waals surface area contributed by atoms with Gasteiger partial charge in [0.15, 0.2) is 0 Å². The van der Waals surface area contributed by atoms with Crippen LogP contribution in [0.1, 0.15) is 18.4 Å².